The summed E-state index contributed by atoms with van der Waals surface area (Å²) in [4.78, 5) is 18.8. The Labute approximate surface area is 145 Å². The lowest BCUT2D eigenvalue weighted by molar-refractivity contribution is -0.384. The predicted octanol–water partition coefficient (Wildman–Crippen LogP) is 3.06. The number of aromatic nitrogens is 4. The van der Waals surface area contributed by atoms with Crippen LogP contribution in [0.2, 0.25) is 0 Å². The average Bonchev–Trinajstić information content (AvgIpc) is 3.10. The summed E-state index contributed by atoms with van der Waals surface area (Å²) in [7, 11) is 0. The van der Waals surface area contributed by atoms with E-state index < -0.39 is 4.92 Å². The lowest BCUT2D eigenvalue weighted by Gasteiger charge is -2.05. The van der Waals surface area contributed by atoms with Gasteiger partial charge in [-0.1, -0.05) is 0 Å². The van der Waals surface area contributed by atoms with Crippen LogP contribution in [0.3, 0.4) is 0 Å². The topological polar surface area (TPSA) is 133 Å². The normalized spacial score (nSPS) is 13.8. The molecule has 0 bridgehead atoms. The van der Waals surface area contributed by atoms with Gasteiger partial charge in [-0.25, -0.2) is 4.98 Å². The van der Waals surface area contributed by atoms with Crippen LogP contribution in [-0.2, 0) is 0 Å². The third-order valence-corrected chi connectivity index (χ3v) is 4.26. The number of rotatable bonds is 6. The molecule has 1 saturated carbocycles. The zero-order valence-electron chi connectivity index (χ0n) is 13.0. The Bertz CT molecular complexity index is 935. The van der Waals surface area contributed by atoms with Crippen LogP contribution in [0, 0.1) is 17.0 Å². The molecule has 0 spiro atoms. The van der Waals surface area contributed by atoms with Crippen LogP contribution in [0.5, 0.6) is 0 Å². The van der Waals surface area contributed by atoms with Gasteiger partial charge in [0.05, 0.1) is 16.7 Å². The SMILES string of the molecule is Cc1occc1-c1nnc(Sc2ncc([N+](=O)[O-])c(NC3CC3)n2)o1. The molecule has 11 heteroatoms. The van der Waals surface area contributed by atoms with Gasteiger partial charge in [0.25, 0.3) is 11.1 Å². The lowest BCUT2D eigenvalue weighted by atomic mass is 10.3. The standard InChI is InChI=1S/C14H12N6O4S/c1-7-9(4-5-23-7)12-18-19-14(24-12)25-13-15-6-10(20(21)22)11(17-13)16-8-2-3-8/h4-6,8H,2-3H2,1H3,(H,15,16,17). The van der Waals surface area contributed by atoms with Crippen molar-refractivity contribution >= 4 is 23.3 Å². The smallest absolute Gasteiger partial charge is 0.329 e. The molecular formula is C14H12N6O4S. The van der Waals surface area contributed by atoms with Gasteiger partial charge in [-0.05, 0) is 25.8 Å². The van der Waals surface area contributed by atoms with E-state index in [1.54, 1.807) is 13.0 Å². The fraction of sp³-hybridized carbons (Fsp3) is 0.286. The second-order valence-corrected chi connectivity index (χ2v) is 6.35. The maximum atomic E-state index is 11.1. The third-order valence-electron chi connectivity index (χ3n) is 3.54. The Hall–Kier alpha value is -2.95. The fourth-order valence-corrected chi connectivity index (χ4v) is 2.71. The quantitative estimate of drug-likeness (QED) is 0.397. The van der Waals surface area contributed by atoms with Crippen LogP contribution in [-0.4, -0.2) is 31.1 Å². The first-order valence-corrected chi connectivity index (χ1v) is 8.25. The Kier molecular flexibility index (Phi) is 3.84. The molecule has 0 aliphatic heterocycles. The summed E-state index contributed by atoms with van der Waals surface area (Å²) in [6.45, 7) is 1.79. The van der Waals surface area contributed by atoms with Gasteiger partial charge < -0.3 is 14.2 Å². The highest BCUT2D eigenvalue weighted by atomic mass is 32.2. The molecule has 3 heterocycles. The predicted molar refractivity (Wildman–Crippen MR) is 86.2 cm³/mol. The van der Waals surface area contributed by atoms with Crippen molar-refractivity contribution in [3.05, 3.63) is 34.4 Å². The van der Waals surface area contributed by atoms with Gasteiger partial charge in [-0.2, -0.15) is 4.98 Å². The number of nitrogens with zero attached hydrogens (tertiary/aromatic N) is 5. The van der Waals surface area contributed by atoms with E-state index in [-0.39, 0.29) is 27.9 Å². The highest BCUT2D eigenvalue weighted by Gasteiger charge is 2.27. The molecule has 0 radical (unpaired) electrons. The third kappa shape index (κ3) is 3.31. The van der Waals surface area contributed by atoms with Gasteiger partial charge >= 0.3 is 5.69 Å². The second-order valence-electron chi connectivity index (χ2n) is 5.43. The van der Waals surface area contributed by atoms with Crippen molar-refractivity contribution < 1.29 is 13.8 Å². The van der Waals surface area contributed by atoms with Crippen LogP contribution in [0.15, 0.2) is 37.7 Å². The van der Waals surface area contributed by atoms with Crippen LogP contribution in [0.1, 0.15) is 18.6 Å². The first-order chi connectivity index (χ1) is 12.1. The van der Waals surface area contributed by atoms with E-state index in [9.17, 15) is 10.1 Å². The van der Waals surface area contributed by atoms with Gasteiger partial charge in [0.2, 0.25) is 5.82 Å². The van der Waals surface area contributed by atoms with E-state index in [0.717, 1.165) is 24.6 Å². The van der Waals surface area contributed by atoms with Crippen molar-refractivity contribution in [2.45, 2.75) is 36.2 Å². The van der Waals surface area contributed by atoms with Gasteiger partial charge in [0.1, 0.15) is 12.0 Å². The number of anilines is 1. The highest BCUT2D eigenvalue weighted by Crippen LogP contribution is 2.33. The van der Waals surface area contributed by atoms with Gasteiger partial charge in [0.15, 0.2) is 5.16 Å². The van der Waals surface area contributed by atoms with E-state index in [1.165, 1.54) is 12.5 Å². The van der Waals surface area contributed by atoms with Crippen molar-refractivity contribution in [2.75, 3.05) is 5.32 Å². The number of aryl methyl sites for hydroxylation is 1. The van der Waals surface area contributed by atoms with Crippen LogP contribution in [0.25, 0.3) is 11.5 Å². The van der Waals surface area contributed by atoms with E-state index in [4.69, 9.17) is 8.83 Å². The van der Waals surface area contributed by atoms with Gasteiger partial charge in [-0.15, -0.1) is 10.2 Å². The monoisotopic (exact) mass is 360 g/mol. The molecule has 3 aromatic rings. The van der Waals surface area contributed by atoms with Gasteiger partial charge in [0, 0.05) is 17.8 Å². The summed E-state index contributed by atoms with van der Waals surface area (Å²) >= 11 is 1.04. The van der Waals surface area contributed by atoms with Crippen molar-refractivity contribution in [1.82, 2.24) is 20.2 Å². The van der Waals surface area contributed by atoms with Crippen LogP contribution < -0.4 is 5.32 Å². The molecule has 3 aromatic heterocycles. The van der Waals surface area contributed by atoms with Crippen LogP contribution >= 0.6 is 11.8 Å². The Morgan fingerprint density at radius 3 is 2.92 bits per heavy atom. The molecule has 1 aliphatic rings. The Morgan fingerprint density at radius 1 is 1.40 bits per heavy atom. The maximum absolute atomic E-state index is 11.1. The minimum absolute atomic E-state index is 0.156. The zero-order chi connectivity index (χ0) is 17.4. The molecule has 1 aliphatic carbocycles. The number of hydrogen-bond acceptors (Lipinski definition) is 10. The number of nitro groups is 1. The van der Waals surface area contributed by atoms with Crippen molar-refractivity contribution in [3.8, 4) is 11.5 Å². The molecule has 4 rings (SSSR count). The average molecular weight is 360 g/mol. The summed E-state index contributed by atoms with van der Waals surface area (Å²) in [5.74, 6) is 1.20. The molecule has 128 valence electrons. The maximum Gasteiger partial charge on any atom is 0.329 e. The minimum Gasteiger partial charge on any atom is -0.469 e. The number of furan rings is 1. The van der Waals surface area contributed by atoms with E-state index in [1.807, 2.05) is 0 Å². The lowest BCUT2D eigenvalue weighted by Crippen LogP contribution is -2.07. The number of nitrogens with one attached hydrogen (secondary N) is 1. The molecule has 0 aromatic carbocycles. The van der Waals surface area contributed by atoms with Gasteiger partial charge in [-0.3, -0.25) is 10.1 Å². The highest BCUT2D eigenvalue weighted by molar-refractivity contribution is 7.98. The van der Waals surface area contributed by atoms with Crippen molar-refractivity contribution in [1.29, 1.82) is 0 Å². The molecule has 0 unspecified atom stereocenters. The molecule has 25 heavy (non-hydrogen) atoms. The largest absolute Gasteiger partial charge is 0.469 e. The van der Waals surface area contributed by atoms with E-state index in [2.05, 4.69) is 25.5 Å². The number of hydrogen-bond donors (Lipinski definition) is 1. The molecule has 1 fully saturated rings. The van der Waals surface area contributed by atoms with E-state index >= 15 is 0 Å². The minimum atomic E-state index is -0.508. The Morgan fingerprint density at radius 2 is 2.24 bits per heavy atom. The summed E-state index contributed by atoms with van der Waals surface area (Å²) in [5.41, 5.74) is 0.552. The van der Waals surface area contributed by atoms with Crippen LogP contribution in [0.4, 0.5) is 11.5 Å². The molecular weight excluding hydrogens is 348 g/mol. The molecule has 0 atom stereocenters. The van der Waals surface area contributed by atoms with Crippen molar-refractivity contribution in [2.24, 2.45) is 0 Å². The summed E-state index contributed by atoms with van der Waals surface area (Å²) in [6.07, 6.45) is 4.66. The zero-order valence-corrected chi connectivity index (χ0v) is 13.8. The summed E-state index contributed by atoms with van der Waals surface area (Å²) in [6, 6.07) is 1.96. The molecule has 10 nitrogen and oxygen atoms in total. The summed E-state index contributed by atoms with van der Waals surface area (Å²) < 4.78 is 10.8. The van der Waals surface area contributed by atoms with E-state index in [0.29, 0.717) is 17.2 Å². The first-order valence-electron chi connectivity index (χ1n) is 7.44. The second kappa shape index (κ2) is 6.16. The molecule has 1 N–H and O–H groups in total. The molecule has 0 saturated heterocycles. The summed E-state index contributed by atoms with van der Waals surface area (Å²) in [5, 5.41) is 22.6. The fourth-order valence-electron chi connectivity index (χ4n) is 2.11. The molecule has 0 amide bonds. The van der Waals surface area contributed by atoms with Crippen molar-refractivity contribution in [3.63, 3.8) is 0 Å². The first kappa shape index (κ1) is 15.6. The Balaban J connectivity index is 1.57.